The van der Waals surface area contributed by atoms with Crippen molar-refractivity contribution in [3.63, 3.8) is 0 Å². The van der Waals surface area contributed by atoms with Gasteiger partial charge in [-0.3, -0.25) is 0 Å². The molecule has 1 aliphatic rings. The molecular weight excluding hydrogens is 230 g/mol. The van der Waals surface area contributed by atoms with Gasteiger partial charge in [0.05, 0.1) is 6.10 Å². The van der Waals surface area contributed by atoms with E-state index >= 15 is 0 Å². The molecule has 0 aliphatic carbocycles. The van der Waals surface area contributed by atoms with E-state index < -0.39 is 0 Å². The van der Waals surface area contributed by atoms with Crippen molar-refractivity contribution < 1.29 is 4.74 Å². The molecule has 1 saturated heterocycles. The SMILES string of the molecule is CCC(Br)CCNCC1CCCO1. The van der Waals surface area contributed by atoms with Gasteiger partial charge in [0.1, 0.15) is 0 Å². The molecule has 2 atom stereocenters. The summed E-state index contributed by atoms with van der Waals surface area (Å²) in [6, 6.07) is 0. The molecule has 3 heteroatoms. The van der Waals surface area contributed by atoms with E-state index in [0.29, 0.717) is 10.9 Å². The Kier molecular flexibility index (Phi) is 6.00. The highest BCUT2D eigenvalue weighted by Gasteiger charge is 2.14. The number of nitrogens with one attached hydrogen (secondary N) is 1. The molecule has 1 N–H and O–H groups in total. The second kappa shape index (κ2) is 6.80. The van der Waals surface area contributed by atoms with Crippen molar-refractivity contribution in [2.75, 3.05) is 19.7 Å². The zero-order chi connectivity index (χ0) is 9.52. The predicted molar refractivity (Wildman–Crippen MR) is 59.5 cm³/mol. The van der Waals surface area contributed by atoms with Crippen molar-refractivity contribution >= 4 is 15.9 Å². The molecule has 2 unspecified atom stereocenters. The summed E-state index contributed by atoms with van der Waals surface area (Å²) in [5.41, 5.74) is 0. The summed E-state index contributed by atoms with van der Waals surface area (Å²) >= 11 is 3.62. The first-order chi connectivity index (χ1) is 6.33. The molecule has 0 saturated carbocycles. The van der Waals surface area contributed by atoms with E-state index in [1.165, 1.54) is 25.7 Å². The van der Waals surface area contributed by atoms with Crippen LogP contribution in [0.25, 0.3) is 0 Å². The van der Waals surface area contributed by atoms with Gasteiger partial charge in [-0.1, -0.05) is 22.9 Å². The molecule has 1 rings (SSSR count). The Hall–Kier alpha value is 0.400. The van der Waals surface area contributed by atoms with E-state index in [9.17, 15) is 0 Å². The molecule has 0 amide bonds. The van der Waals surface area contributed by atoms with Crippen LogP contribution >= 0.6 is 15.9 Å². The van der Waals surface area contributed by atoms with Crippen molar-refractivity contribution in [2.24, 2.45) is 0 Å². The summed E-state index contributed by atoms with van der Waals surface area (Å²) in [5, 5.41) is 3.44. The molecule has 1 heterocycles. The lowest BCUT2D eigenvalue weighted by molar-refractivity contribution is 0.110. The smallest absolute Gasteiger partial charge is 0.0700 e. The minimum Gasteiger partial charge on any atom is -0.377 e. The van der Waals surface area contributed by atoms with Crippen LogP contribution < -0.4 is 5.32 Å². The summed E-state index contributed by atoms with van der Waals surface area (Å²) in [6.07, 6.45) is 5.38. The first-order valence-electron chi connectivity index (χ1n) is 5.29. The summed E-state index contributed by atoms with van der Waals surface area (Å²) in [4.78, 5) is 0.671. The Bertz CT molecular complexity index is 126. The van der Waals surface area contributed by atoms with Gasteiger partial charge in [0.2, 0.25) is 0 Å². The first kappa shape index (κ1) is 11.5. The average Bonchev–Trinajstić information content (AvgIpc) is 2.64. The van der Waals surface area contributed by atoms with Gasteiger partial charge in [0.15, 0.2) is 0 Å². The van der Waals surface area contributed by atoms with Crippen LogP contribution in [0.5, 0.6) is 0 Å². The Morgan fingerprint density at radius 3 is 3.08 bits per heavy atom. The van der Waals surface area contributed by atoms with Crippen LogP contribution in [-0.2, 0) is 4.74 Å². The van der Waals surface area contributed by atoms with Crippen molar-refractivity contribution in [2.45, 2.75) is 43.5 Å². The average molecular weight is 250 g/mol. The minimum absolute atomic E-state index is 0.482. The van der Waals surface area contributed by atoms with E-state index in [2.05, 4.69) is 28.2 Å². The highest BCUT2D eigenvalue weighted by Crippen LogP contribution is 2.11. The standard InChI is InChI=1S/C10H20BrNO/c1-2-9(11)5-6-12-8-10-4-3-7-13-10/h9-10,12H,2-8H2,1H3. The van der Waals surface area contributed by atoms with Crippen molar-refractivity contribution in [1.82, 2.24) is 5.32 Å². The van der Waals surface area contributed by atoms with Crippen LogP contribution in [0.3, 0.4) is 0 Å². The summed E-state index contributed by atoms with van der Waals surface area (Å²) in [7, 11) is 0. The van der Waals surface area contributed by atoms with Crippen LogP contribution in [0, 0.1) is 0 Å². The maximum Gasteiger partial charge on any atom is 0.0700 e. The topological polar surface area (TPSA) is 21.3 Å². The van der Waals surface area contributed by atoms with Gasteiger partial charge in [-0.15, -0.1) is 0 Å². The molecule has 78 valence electrons. The lowest BCUT2D eigenvalue weighted by Crippen LogP contribution is -2.28. The van der Waals surface area contributed by atoms with Gasteiger partial charge < -0.3 is 10.1 Å². The Labute approximate surface area is 89.5 Å². The second-order valence-electron chi connectivity index (χ2n) is 3.63. The van der Waals surface area contributed by atoms with Crippen LogP contribution in [0.1, 0.15) is 32.6 Å². The number of hydrogen-bond donors (Lipinski definition) is 1. The zero-order valence-electron chi connectivity index (χ0n) is 8.39. The van der Waals surface area contributed by atoms with E-state index in [-0.39, 0.29) is 0 Å². The molecule has 0 aromatic carbocycles. The highest BCUT2D eigenvalue weighted by molar-refractivity contribution is 9.09. The summed E-state index contributed by atoms with van der Waals surface area (Å²) < 4.78 is 5.51. The molecule has 1 aliphatic heterocycles. The fraction of sp³-hybridized carbons (Fsp3) is 1.00. The normalized spacial score (nSPS) is 24.9. The molecule has 0 aromatic heterocycles. The fourth-order valence-corrected chi connectivity index (χ4v) is 1.76. The first-order valence-corrected chi connectivity index (χ1v) is 6.21. The molecule has 0 radical (unpaired) electrons. The fourth-order valence-electron chi connectivity index (χ4n) is 1.53. The van der Waals surface area contributed by atoms with Gasteiger partial charge in [-0.05, 0) is 32.2 Å². The van der Waals surface area contributed by atoms with Gasteiger partial charge in [-0.25, -0.2) is 0 Å². The van der Waals surface area contributed by atoms with Crippen molar-refractivity contribution in [3.8, 4) is 0 Å². The number of alkyl halides is 1. The number of hydrogen-bond acceptors (Lipinski definition) is 2. The molecule has 0 spiro atoms. The van der Waals surface area contributed by atoms with Crippen LogP contribution in [0.2, 0.25) is 0 Å². The summed E-state index contributed by atoms with van der Waals surface area (Å²) in [6.45, 7) is 5.30. The second-order valence-corrected chi connectivity index (χ2v) is 4.93. The largest absolute Gasteiger partial charge is 0.377 e. The Morgan fingerprint density at radius 1 is 1.62 bits per heavy atom. The maximum absolute atomic E-state index is 5.51. The van der Waals surface area contributed by atoms with E-state index in [1.807, 2.05) is 0 Å². The Balaban J connectivity index is 1.88. The molecule has 2 nitrogen and oxygen atoms in total. The number of ether oxygens (including phenoxy) is 1. The molecule has 0 aromatic rings. The van der Waals surface area contributed by atoms with Crippen LogP contribution in [0.4, 0.5) is 0 Å². The third-order valence-corrected chi connectivity index (χ3v) is 3.58. The van der Waals surface area contributed by atoms with Crippen LogP contribution in [0.15, 0.2) is 0 Å². The lowest BCUT2D eigenvalue weighted by atomic mass is 10.2. The van der Waals surface area contributed by atoms with Gasteiger partial charge >= 0.3 is 0 Å². The highest BCUT2D eigenvalue weighted by atomic mass is 79.9. The molecule has 0 bridgehead atoms. The van der Waals surface area contributed by atoms with Crippen molar-refractivity contribution in [3.05, 3.63) is 0 Å². The van der Waals surface area contributed by atoms with Crippen molar-refractivity contribution in [1.29, 1.82) is 0 Å². The molecule has 1 fully saturated rings. The number of halogens is 1. The third-order valence-electron chi connectivity index (χ3n) is 2.47. The van der Waals surface area contributed by atoms with Crippen LogP contribution in [-0.4, -0.2) is 30.6 Å². The van der Waals surface area contributed by atoms with E-state index in [1.54, 1.807) is 0 Å². The monoisotopic (exact) mass is 249 g/mol. The zero-order valence-corrected chi connectivity index (χ0v) is 9.98. The quantitative estimate of drug-likeness (QED) is 0.577. The minimum atomic E-state index is 0.482. The van der Waals surface area contributed by atoms with E-state index in [0.717, 1.165) is 19.7 Å². The van der Waals surface area contributed by atoms with Gasteiger partial charge in [0.25, 0.3) is 0 Å². The van der Waals surface area contributed by atoms with Gasteiger partial charge in [0, 0.05) is 18.0 Å². The number of rotatable bonds is 6. The maximum atomic E-state index is 5.51. The Morgan fingerprint density at radius 2 is 2.46 bits per heavy atom. The predicted octanol–water partition coefficient (Wildman–Crippen LogP) is 2.32. The lowest BCUT2D eigenvalue weighted by Gasteiger charge is -2.11. The summed E-state index contributed by atoms with van der Waals surface area (Å²) in [5.74, 6) is 0. The molecular formula is C10H20BrNO. The molecule has 13 heavy (non-hydrogen) atoms. The van der Waals surface area contributed by atoms with Gasteiger partial charge in [-0.2, -0.15) is 0 Å². The third kappa shape index (κ3) is 4.99. The van der Waals surface area contributed by atoms with E-state index in [4.69, 9.17) is 4.74 Å².